The van der Waals surface area contributed by atoms with Gasteiger partial charge in [0, 0.05) is 23.9 Å². The van der Waals surface area contributed by atoms with Gasteiger partial charge in [-0.3, -0.25) is 9.59 Å². The molecule has 0 atom stereocenters. The van der Waals surface area contributed by atoms with E-state index in [1.165, 1.54) is 25.4 Å². The van der Waals surface area contributed by atoms with Gasteiger partial charge in [-0.15, -0.1) is 0 Å². The lowest BCUT2D eigenvalue weighted by Gasteiger charge is -2.08. The van der Waals surface area contributed by atoms with Crippen molar-refractivity contribution in [3.8, 4) is 0 Å². The normalized spacial score (nSPS) is 10.4. The average molecular weight is 378 g/mol. The van der Waals surface area contributed by atoms with E-state index in [-0.39, 0.29) is 23.2 Å². The van der Waals surface area contributed by atoms with Crippen molar-refractivity contribution in [2.24, 2.45) is 0 Å². The number of rotatable bonds is 7. The summed E-state index contributed by atoms with van der Waals surface area (Å²) in [5, 5.41) is 5.79. The van der Waals surface area contributed by atoms with Crippen LogP contribution in [0.15, 0.2) is 60.9 Å². The Bertz CT molecular complexity index is 990. The Hall–Kier alpha value is -3.61. The van der Waals surface area contributed by atoms with Crippen molar-refractivity contribution in [1.82, 2.24) is 15.3 Å². The van der Waals surface area contributed by atoms with Gasteiger partial charge in [0.15, 0.2) is 5.78 Å². The number of aromatic nitrogens is 2. The molecule has 6 nitrogen and oxygen atoms in total. The van der Waals surface area contributed by atoms with Gasteiger partial charge in [-0.1, -0.05) is 18.2 Å². The van der Waals surface area contributed by atoms with E-state index in [4.69, 9.17) is 0 Å². The van der Waals surface area contributed by atoms with Crippen molar-refractivity contribution in [3.63, 3.8) is 0 Å². The fourth-order valence-electron chi connectivity index (χ4n) is 2.59. The van der Waals surface area contributed by atoms with Crippen molar-refractivity contribution in [2.45, 2.75) is 13.3 Å². The molecule has 0 unspecified atom stereocenters. The first-order chi connectivity index (χ1) is 13.5. The first-order valence-electron chi connectivity index (χ1n) is 8.74. The Kier molecular flexibility index (Phi) is 6.06. The molecule has 28 heavy (non-hydrogen) atoms. The van der Waals surface area contributed by atoms with Crippen molar-refractivity contribution in [3.05, 3.63) is 83.6 Å². The lowest BCUT2D eigenvalue weighted by molar-refractivity contribution is 0.0948. The van der Waals surface area contributed by atoms with Crippen molar-refractivity contribution < 1.29 is 14.0 Å². The summed E-state index contributed by atoms with van der Waals surface area (Å²) in [6, 6.07) is 14.9. The van der Waals surface area contributed by atoms with Crippen LogP contribution in [-0.4, -0.2) is 28.2 Å². The number of anilines is 2. The predicted octanol–water partition coefficient (Wildman–Crippen LogP) is 3.53. The summed E-state index contributed by atoms with van der Waals surface area (Å²) < 4.78 is 13.6. The molecule has 2 aromatic carbocycles. The van der Waals surface area contributed by atoms with Gasteiger partial charge in [0.1, 0.15) is 23.7 Å². The average Bonchev–Trinajstić information content (AvgIpc) is 2.70. The third-order valence-corrected chi connectivity index (χ3v) is 4.10. The Morgan fingerprint density at radius 2 is 1.79 bits per heavy atom. The summed E-state index contributed by atoms with van der Waals surface area (Å²) in [7, 11) is 0. The molecule has 1 aromatic heterocycles. The molecule has 0 saturated carbocycles. The van der Waals surface area contributed by atoms with Gasteiger partial charge in [-0.25, -0.2) is 14.4 Å². The molecule has 7 heteroatoms. The Labute approximate surface area is 161 Å². The fourth-order valence-corrected chi connectivity index (χ4v) is 2.59. The number of nitrogens with zero attached hydrogens (tertiary/aromatic N) is 2. The third kappa shape index (κ3) is 4.97. The largest absolute Gasteiger partial charge is 0.350 e. The highest BCUT2D eigenvalue weighted by Crippen LogP contribution is 2.16. The van der Waals surface area contributed by atoms with E-state index in [0.717, 1.165) is 5.69 Å². The summed E-state index contributed by atoms with van der Waals surface area (Å²) in [5.41, 5.74) is 2.09. The molecule has 0 radical (unpaired) electrons. The van der Waals surface area contributed by atoms with Crippen LogP contribution in [0.25, 0.3) is 0 Å². The van der Waals surface area contributed by atoms with Crippen molar-refractivity contribution in [2.75, 3.05) is 11.9 Å². The maximum absolute atomic E-state index is 13.6. The lowest BCUT2D eigenvalue weighted by atomic mass is 10.1. The van der Waals surface area contributed by atoms with Gasteiger partial charge in [-0.2, -0.15) is 0 Å². The molecule has 0 bridgehead atoms. The lowest BCUT2D eigenvalue weighted by Crippen LogP contribution is -2.26. The van der Waals surface area contributed by atoms with Crippen molar-refractivity contribution in [1.29, 1.82) is 0 Å². The molecule has 142 valence electrons. The second-order valence-electron chi connectivity index (χ2n) is 6.14. The number of benzene rings is 2. The highest BCUT2D eigenvalue weighted by Gasteiger charge is 2.09. The van der Waals surface area contributed by atoms with E-state index in [1.807, 2.05) is 0 Å². The minimum atomic E-state index is -0.367. The Morgan fingerprint density at radius 1 is 1.04 bits per heavy atom. The molecule has 0 aliphatic rings. The fraction of sp³-hybridized carbons (Fsp3) is 0.143. The number of carbonyl (C=O) groups is 2. The van der Waals surface area contributed by atoms with Crippen LogP contribution in [0.2, 0.25) is 0 Å². The molecule has 0 saturated heterocycles. The number of amides is 1. The number of carbonyl (C=O) groups excluding carboxylic acids is 2. The minimum absolute atomic E-state index is 0.0112. The van der Waals surface area contributed by atoms with Crippen LogP contribution in [0.3, 0.4) is 0 Å². The summed E-state index contributed by atoms with van der Waals surface area (Å²) >= 11 is 0. The molecule has 1 amide bonds. The molecular formula is C21H19FN4O2. The smallest absolute Gasteiger partial charge is 0.270 e. The molecule has 0 aliphatic heterocycles. The first kappa shape index (κ1) is 19.2. The van der Waals surface area contributed by atoms with E-state index < -0.39 is 0 Å². The van der Waals surface area contributed by atoms with Gasteiger partial charge in [0.25, 0.3) is 5.91 Å². The quantitative estimate of drug-likeness (QED) is 0.615. The van der Waals surface area contributed by atoms with E-state index in [2.05, 4.69) is 20.6 Å². The monoisotopic (exact) mass is 378 g/mol. The minimum Gasteiger partial charge on any atom is -0.350 e. The summed E-state index contributed by atoms with van der Waals surface area (Å²) in [4.78, 5) is 31.7. The van der Waals surface area contributed by atoms with E-state index in [1.54, 1.807) is 42.5 Å². The zero-order chi connectivity index (χ0) is 19.9. The standard InChI is InChI=1S/C21H19FN4O2/c1-14(27)15-6-8-17(9-7-15)26-20-12-19(24-13-25-20)21(28)23-11-10-16-4-2-3-5-18(16)22/h2-9,12-13H,10-11H2,1H3,(H,23,28)(H,24,25,26). The van der Waals surface area contributed by atoms with Crippen LogP contribution < -0.4 is 10.6 Å². The molecule has 3 aromatic rings. The third-order valence-electron chi connectivity index (χ3n) is 4.10. The highest BCUT2D eigenvalue weighted by atomic mass is 19.1. The number of ketones is 1. The van der Waals surface area contributed by atoms with Gasteiger partial charge in [-0.05, 0) is 49.2 Å². The van der Waals surface area contributed by atoms with Crippen LogP contribution >= 0.6 is 0 Å². The number of hydrogen-bond donors (Lipinski definition) is 2. The van der Waals surface area contributed by atoms with Crippen molar-refractivity contribution >= 4 is 23.2 Å². The molecule has 0 fully saturated rings. The second-order valence-corrected chi connectivity index (χ2v) is 6.14. The van der Waals surface area contributed by atoms with Crippen LogP contribution in [0.4, 0.5) is 15.9 Å². The molecule has 3 rings (SSSR count). The molecule has 1 heterocycles. The maximum Gasteiger partial charge on any atom is 0.270 e. The number of nitrogens with one attached hydrogen (secondary N) is 2. The highest BCUT2D eigenvalue weighted by molar-refractivity contribution is 5.94. The van der Waals surface area contributed by atoms with Gasteiger partial charge in [0.05, 0.1) is 0 Å². The van der Waals surface area contributed by atoms with Crippen LogP contribution in [0.5, 0.6) is 0 Å². The summed E-state index contributed by atoms with van der Waals surface area (Å²) in [6.07, 6.45) is 1.68. The van der Waals surface area contributed by atoms with E-state index in [9.17, 15) is 14.0 Å². The van der Waals surface area contributed by atoms with Gasteiger partial charge in [0.2, 0.25) is 0 Å². The molecule has 2 N–H and O–H groups in total. The summed E-state index contributed by atoms with van der Waals surface area (Å²) in [5.74, 6) is -0.220. The zero-order valence-electron chi connectivity index (χ0n) is 15.3. The van der Waals surface area contributed by atoms with E-state index in [0.29, 0.717) is 29.9 Å². The zero-order valence-corrected chi connectivity index (χ0v) is 15.3. The Morgan fingerprint density at radius 3 is 2.50 bits per heavy atom. The molecular weight excluding hydrogens is 359 g/mol. The SMILES string of the molecule is CC(=O)c1ccc(Nc2cc(C(=O)NCCc3ccccc3F)ncn2)cc1. The van der Waals surface area contributed by atoms with Gasteiger partial charge >= 0.3 is 0 Å². The van der Waals surface area contributed by atoms with Gasteiger partial charge < -0.3 is 10.6 Å². The van der Waals surface area contributed by atoms with Crippen LogP contribution in [-0.2, 0) is 6.42 Å². The Balaban J connectivity index is 1.59. The van der Waals surface area contributed by atoms with E-state index >= 15 is 0 Å². The number of halogens is 1. The maximum atomic E-state index is 13.6. The number of Topliss-reactive ketones (excluding diaryl/α,β-unsaturated/α-hetero) is 1. The molecule has 0 aliphatic carbocycles. The topological polar surface area (TPSA) is 84.0 Å². The predicted molar refractivity (Wildman–Crippen MR) is 104 cm³/mol. The second kappa shape index (κ2) is 8.85. The van der Waals surface area contributed by atoms with Crippen LogP contribution in [0, 0.1) is 5.82 Å². The van der Waals surface area contributed by atoms with Crippen LogP contribution in [0.1, 0.15) is 33.3 Å². The number of hydrogen-bond acceptors (Lipinski definition) is 5. The first-order valence-corrected chi connectivity index (χ1v) is 8.74. The molecule has 0 spiro atoms. The summed E-state index contributed by atoms with van der Waals surface area (Å²) in [6.45, 7) is 1.79.